The van der Waals surface area contributed by atoms with E-state index in [1.54, 1.807) is 0 Å². The van der Waals surface area contributed by atoms with E-state index in [0.717, 1.165) is 6.92 Å². The van der Waals surface area contributed by atoms with Crippen molar-refractivity contribution < 1.29 is 130 Å². The normalized spacial score (nSPS) is 2.08. The van der Waals surface area contributed by atoms with Gasteiger partial charge in [-0.05, 0) is 0 Å². The molecule has 0 amide bonds. The Morgan fingerprint density at radius 2 is 1.17 bits per heavy atom. The van der Waals surface area contributed by atoms with E-state index in [1.165, 1.54) is 0 Å². The Morgan fingerprint density at radius 1 is 1.17 bits per heavy atom. The van der Waals surface area contributed by atoms with E-state index in [4.69, 9.17) is 9.90 Å². The number of rotatable bonds is 0. The molecule has 0 atom stereocenters. The molecule has 1 N–H and O–H groups in total. The van der Waals surface area contributed by atoms with E-state index in [9.17, 15) is 0 Å². The Balaban J connectivity index is -0.000000000429. The van der Waals surface area contributed by atoms with Gasteiger partial charge in [-0.2, -0.15) is 0 Å². The number of halogens is 3. The molecule has 0 saturated heterocycles. The Morgan fingerprint density at radius 3 is 1.17 bits per heavy atom. The van der Waals surface area contributed by atoms with Crippen LogP contribution in [-0.4, -0.2) is 71.9 Å². The van der Waals surface area contributed by atoms with Crippen molar-refractivity contribution in [3.05, 3.63) is 0 Å². The molecule has 0 aromatic heterocycles. The van der Waals surface area contributed by atoms with Gasteiger partial charge in [0.1, 0.15) is 0 Å². The zero-order valence-corrected chi connectivity index (χ0v) is 21.2. The quantitative estimate of drug-likeness (QED) is 0.449. The van der Waals surface area contributed by atoms with Gasteiger partial charge in [-0.25, -0.2) is 0 Å². The van der Waals surface area contributed by atoms with Crippen LogP contribution < -0.4 is 110 Å². The summed E-state index contributed by atoms with van der Waals surface area (Å²) in [7, 11) is 0. The standard InChI is InChI=1S/C2H4O2.Ca.3ClH.K.Mg.2Na.7H/c1-2(3)4;;;;;;;;;;;;;;;/h1H3,(H,3,4);;3*1H;;;;;;;;;;;/q;+2;;;;+1;+2;2*+1;7*-1. The first-order valence-corrected chi connectivity index (χ1v) is 0.928. The molecule has 0 aliphatic rings. The predicted octanol–water partition coefficient (Wildman–Crippen LogP) is -7.61. The fourth-order valence-corrected chi connectivity index (χ4v) is 0. The predicted molar refractivity (Wildman–Crippen MR) is 54.3 cm³/mol. The molecule has 0 saturated carbocycles. The van der Waals surface area contributed by atoms with E-state index in [-0.39, 0.29) is 218 Å². The van der Waals surface area contributed by atoms with Crippen LogP contribution in [0.2, 0.25) is 0 Å². The summed E-state index contributed by atoms with van der Waals surface area (Å²) in [4.78, 5) is 9.00. The molecule has 0 spiro atoms. The molecule has 0 aromatic rings. The summed E-state index contributed by atoms with van der Waals surface area (Å²) in [6.07, 6.45) is 0. The van der Waals surface area contributed by atoms with E-state index >= 15 is 0 Å². The van der Waals surface area contributed by atoms with Gasteiger partial charge in [0.05, 0.1) is 0 Å². The SMILES string of the molecule is CC(=O)O.Cl.Cl.Cl.[Ca+2].[H-].[H-].[H-].[H-].[H-].[H-].[H-].[K+].[Mg+2].[Na+].[Na+]. The molecule has 0 unspecified atom stereocenters. The average Bonchev–Trinajstić information content (AvgIpc) is 0.811. The largest absolute Gasteiger partial charge is 2.00 e. The van der Waals surface area contributed by atoms with Crippen LogP contribution in [0.1, 0.15) is 16.9 Å². The number of carboxylic acid groups (broad SMARTS) is 1. The van der Waals surface area contributed by atoms with E-state index in [0.29, 0.717) is 0 Å². The summed E-state index contributed by atoms with van der Waals surface area (Å²) in [5.74, 6) is -0.833. The van der Waals surface area contributed by atoms with Crippen molar-refractivity contribution in [1.82, 2.24) is 0 Å². The van der Waals surface area contributed by atoms with Crippen LogP contribution in [0.5, 0.6) is 0 Å². The van der Waals surface area contributed by atoms with Gasteiger partial charge in [0.15, 0.2) is 0 Å². The molecule has 0 heterocycles. The van der Waals surface area contributed by atoms with Crippen molar-refractivity contribution in [3.63, 3.8) is 0 Å². The van der Waals surface area contributed by atoms with Gasteiger partial charge in [0.2, 0.25) is 0 Å². The number of carboxylic acids is 1. The van der Waals surface area contributed by atoms with Gasteiger partial charge >= 0.3 is 171 Å². The fraction of sp³-hybridized carbons (Fsp3) is 0.500. The molecule has 0 fully saturated rings. The average molecular weight is 326 g/mol. The second-order valence-electron chi connectivity index (χ2n) is 0.519. The molecule has 62 valence electrons. The maximum absolute atomic E-state index is 9.00. The first-order chi connectivity index (χ1) is 1.73. The number of hydrogen-bond donors (Lipinski definition) is 1. The summed E-state index contributed by atoms with van der Waals surface area (Å²) in [5.41, 5.74) is 0. The maximum atomic E-state index is 9.00. The third kappa shape index (κ3) is 100.0. The summed E-state index contributed by atoms with van der Waals surface area (Å²) in [5, 5.41) is 7.42. The van der Waals surface area contributed by atoms with Crippen LogP contribution in [0.25, 0.3) is 0 Å². The monoisotopic (exact) mass is 324 g/mol. The summed E-state index contributed by atoms with van der Waals surface area (Å²) in [6, 6.07) is 0. The molecule has 0 aliphatic heterocycles. The maximum Gasteiger partial charge on any atom is 2.00 e. The van der Waals surface area contributed by atoms with Crippen LogP contribution in [0.3, 0.4) is 0 Å². The summed E-state index contributed by atoms with van der Waals surface area (Å²) >= 11 is 0. The second kappa shape index (κ2) is 53.7. The minimum atomic E-state index is -0.833. The third-order valence-corrected chi connectivity index (χ3v) is 0. The first-order valence-electron chi connectivity index (χ1n) is 0.928. The third-order valence-electron chi connectivity index (χ3n) is 0. The van der Waals surface area contributed by atoms with Gasteiger partial charge in [-0.1, -0.05) is 0 Å². The number of carbonyl (C=O) groups is 1. The molecule has 0 bridgehead atoms. The summed E-state index contributed by atoms with van der Waals surface area (Å²) < 4.78 is 0. The molecular weight excluding hydrogens is 312 g/mol. The van der Waals surface area contributed by atoms with Crippen LogP contribution in [0, 0.1) is 0 Å². The molecule has 0 aliphatic carbocycles. The van der Waals surface area contributed by atoms with Crippen LogP contribution in [0.15, 0.2) is 0 Å². The molecule has 2 nitrogen and oxygen atoms in total. The second-order valence-corrected chi connectivity index (χ2v) is 0.519. The van der Waals surface area contributed by atoms with Crippen molar-refractivity contribution in [1.29, 1.82) is 0 Å². The van der Waals surface area contributed by atoms with Crippen LogP contribution in [-0.2, 0) is 4.79 Å². The minimum Gasteiger partial charge on any atom is -1.00 e. The van der Waals surface area contributed by atoms with Gasteiger partial charge in [0.25, 0.3) is 5.97 Å². The van der Waals surface area contributed by atoms with Gasteiger partial charge < -0.3 is 15.1 Å². The molecule has 0 aromatic carbocycles. The molecular formula is C2H14CaCl3KMgNa2O2. The van der Waals surface area contributed by atoms with Gasteiger partial charge in [-0.15, -0.1) is 37.2 Å². The van der Waals surface area contributed by atoms with Crippen molar-refractivity contribution in [2.75, 3.05) is 0 Å². The fourth-order valence-electron chi connectivity index (χ4n) is 0. The van der Waals surface area contributed by atoms with Crippen LogP contribution >= 0.6 is 37.2 Å². The molecule has 0 radical (unpaired) electrons. The zero-order valence-electron chi connectivity index (χ0n) is 15.0. The van der Waals surface area contributed by atoms with Crippen molar-refractivity contribution in [3.8, 4) is 0 Å². The first kappa shape index (κ1) is 64.2. The zero-order chi connectivity index (χ0) is 3.58. The topological polar surface area (TPSA) is 37.3 Å². The number of hydrogen-bond acceptors (Lipinski definition) is 1. The molecule has 0 rings (SSSR count). The van der Waals surface area contributed by atoms with Gasteiger partial charge in [-0.3, -0.25) is 4.79 Å². The smallest absolute Gasteiger partial charge is 1.00 e. The van der Waals surface area contributed by atoms with E-state index < -0.39 is 5.97 Å². The minimum absolute atomic E-state index is 0. The van der Waals surface area contributed by atoms with Crippen molar-refractivity contribution in [2.45, 2.75) is 6.92 Å². The van der Waals surface area contributed by atoms with Crippen molar-refractivity contribution >= 4 is 104 Å². The van der Waals surface area contributed by atoms with Crippen molar-refractivity contribution in [2.24, 2.45) is 0 Å². The Hall–Kier alpha value is 6.00. The van der Waals surface area contributed by atoms with E-state index in [1.807, 2.05) is 0 Å². The van der Waals surface area contributed by atoms with Crippen LogP contribution in [0.4, 0.5) is 0 Å². The van der Waals surface area contributed by atoms with E-state index in [2.05, 4.69) is 0 Å². The molecule has 12 heavy (non-hydrogen) atoms. The summed E-state index contributed by atoms with van der Waals surface area (Å²) in [6.45, 7) is 1.08. The Bertz CT molecular complexity index is 73.3. The Labute approximate surface area is 235 Å². The molecule has 10 heteroatoms. The Kier molecular flexibility index (Phi) is 287. The number of aliphatic carboxylic acids is 1. The van der Waals surface area contributed by atoms with Gasteiger partial charge in [0, 0.05) is 6.92 Å².